The van der Waals surface area contributed by atoms with Gasteiger partial charge in [0.1, 0.15) is 5.78 Å². The van der Waals surface area contributed by atoms with Crippen LogP contribution in [0.2, 0.25) is 0 Å². The van der Waals surface area contributed by atoms with Crippen LogP contribution >= 0.6 is 15.9 Å². The Morgan fingerprint density at radius 3 is 2.12 bits per heavy atom. The van der Waals surface area contributed by atoms with Gasteiger partial charge in [-0.25, -0.2) is 0 Å². The van der Waals surface area contributed by atoms with Gasteiger partial charge in [-0.15, -0.1) is 0 Å². The minimum absolute atomic E-state index is 0.391. The molecule has 0 unspecified atom stereocenters. The second-order valence-corrected chi connectivity index (χ2v) is 5.21. The third-order valence-corrected chi connectivity index (χ3v) is 4.36. The van der Waals surface area contributed by atoms with E-state index in [1.165, 1.54) is 21.3 Å². The van der Waals surface area contributed by atoms with E-state index in [1.54, 1.807) is 0 Å². The number of hydrogen-bond acceptors (Lipinski definition) is 2. The Labute approximate surface area is 105 Å². The summed E-state index contributed by atoms with van der Waals surface area (Å²) in [6.45, 7) is 5.93. The van der Waals surface area contributed by atoms with Gasteiger partial charge in [-0.3, -0.25) is 4.79 Å². The molecule has 16 heavy (non-hydrogen) atoms. The Kier molecular flexibility index (Phi) is 3.33. The molecule has 1 aromatic carbocycles. The minimum atomic E-state index is 0.391. The molecule has 1 aromatic rings. The number of anilines is 1. The molecule has 0 amide bonds. The first-order valence-electron chi connectivity index (χ1n) is 5.61. The second kappa shape index (κ2) is 4.58. The molecule has 0 atom stereocenters. The van der Waals surface area contributed by atoms with Crippen LogP contribution in [-0.2, 0) is 4.79 Å². The van der Waals surface area contributed by atoms with Gasteiger partial charge in [-0.1, -0.05) is 15.9 Å². The number of ketones is 1. The summed E-state index contributed by atoms with van der Waals surface area (Å²) in [4.78, 5) is 13.5. The standard InChI is InChI=1S/C13H16BrNO/c1-9-7-11(8-10(2)13(9)14)15-5-3-12(16)4-6-15/h7-8H,3-6H2,1-2H3. The van der Waals surface area contributed by atoms with Crippen molar-refractivity contribution in [3.05, 3.63) is 27.7 Å². The average Bonchev–Trinajstić information content (AvgIpc) is 2.26. The van der Waals surface area contributed by atoms with Crippen LogP contribution in [-0.4, -0.2) is 18.9 Å². The summed E-state index contributed by atoms with van der Waals surface area (Å²) in [5.74, 6) is 0.391. The van der Waals surface area contributed by atoms with Crippen LogP contribution < -0.4 is 4.90 Å². The van der Waals surface area contributed by atoms with E-state index in [4.69, 9.17) is 0 Å². The zero-order valence-corrected chi connectivity index (χ0v) is 11.3. The van der Waals surface area contributed by atoms with E-state index in [1.807, 2.05) is 0 Å². The average molecular weight is 282 g/mol. The lowest BCUT2D eigenvalue weighted by atomic mass is 10.1. The predicted octanol–water partition coefficient (Wildman–Crippen LogP) is 3.24. The second-order valence-electron chi connectivity index (χ2n) is 4.42. The lowest BCUT2D eigenvalue weighted by Crippen LogP contribution is -2.33. The molecule has 1 aliphatic rings. The molecule has 0 radical (unpaired) electrons. The molecule has 1 saturated heterocycles. The van der Waals surface area contributed by atoms with Crippen molar-refractivity contribution in [2.75, 3.05) is 18.0 Å². The van der Waals surface area contributed by atoms with Gasteiger partial charge in [-0.2, -0.15) is 0 Å². The fourth-order valence-corrected chi connectivity index (χ4v) is 2.35. The van der Waals surface area contributed by atoms with E-state index in [-0.39, 0.29) is 0 Å². The summed E-state index contributed by atoms with van der Waals surface area (Å²) in [6.07, 6.45) is 1.38. The summed E-state index contributed by atoms with van der Waals surface area (Å²) in [5.41, 5.74) is 3.75. The van der Waals surface area contributed by atoms with Crippen molar-refractivity contribution in [3.63, 3.8) is 0 Å². The maximum atomic E-state index is 11.2. The number of nitrogens with zero attached hydrogens (tertiary/aromatic N) is 1. The van der Waals surface area contributed by atoms with Crippen molar-refractivity contribution in [2.24, 2.45) is 0 Å². The number of Topliss-reactive ketones (excluding diaryl/α,β-unsaturated/α-hetero) is 1. The number of carbonyl (C=O) groups excluding carboxylic acids is 1. The number of benzene rings is 1. The fraction of sp³-hybridized carbons (Fsp3) is 0.462. The monoisotopic (exact) mass is 281 g/mol. The minimum Gasteiger partial charge on any atom is -0.371 e. The van der Waals surface area contributed by atoms with Crippen LogP contribution in [0.1, 0.15) is 24.0 Å². The Bertz CT molecular complexity index is 395. The number of aryl methyl sites for hydroxylation is 2. The molecule has 0 bridgehead atoms. The highest BCUT2D eigenvalue weighted by Crippen LogP contribution is 2.28. The Balaban J connectivity index is 2.24. The SMILES string of the molecule is Cc1cc(N2CCC(=O)CC2)cc(C)c1Br. The van der Waals surface area contributed by atoms with Crippen LogP contribution in [0.3, 0.4) is 0 Å². The summed E-state index contributed by atoms with van der Waals surface area (Å²) < 4.78 is 1.18. The summed E-state index contributed by atoms with van der Waals surface area (Å²) >= 11 is 3.57. The van der Waals surface area contributed by atoms with Crippen molar-refractivity contribution in [3.8, 4) is 0 Å². The number of rotatable bonds is 1. The molecular weight excluding hydrogens is 266 g/mol. The first-order chi connectivity index (χ1) is 7.58. The number of carbonyl (C=O) groups is 1. The summed E-state index contributed by atoms with van der Waals surface area (Å²) in [7, 11) is 0. The summed E-state index contributed by atoms with van der Waals surface area (Å²) in [6, 6.07) is 4.37. The van der Waals surface area contributed by atoms with Gasteiger partial charge in [0.15, 0.2) is 0 Å². The maximum Gasteiger partial charge on any atom is 0.136 e. The summed E-state index contributed by atoms with van der Waals surface area (Å²) in [5, 5.41) is 0. The fourth-order valence-electron chi connectivity index (χ4n) is 2.12. The smallest absolute Gasteiger partial charge is 0.136 e. The van der Waals surface area contributed by atoms with Crippen LogP contribution in [0.25, 0.3) is 0 Å². The lowest BCUT2D eigenvalue weighted by molar-refractivity contribution is -0.119. The highest BCUT2D eigenvalue weighted by Gasteiger charge is 2.17. The molecule has 1 heterocycles. The number of hydrogen-bond donors (Lipinski definition) is 0. The molecule has 2 rings (SSSR count). The van der Waals surface area contributed by atoms with E-state index < -0.39 is 0 Å². The van der Waals surface area contributed by atoms with Crippen molar-refractivity contribution in [1.29, 1.82) is 0 Å². The molecule has 0 saturated carbocycles. The lowest BCUT2D eigenvalue weighted by Gasteiger charge is -2.29. The molecule has 0 N–H and O–H groups in total. The van der Waals surface area contributed by atoms with E-state index in [0.29, 0.717) is 18.6 Å². The van der Waals surface area contributed by atoms with Crippen LogP contribution in [0.15, 0.2) is 16.6 Å². The molecule has 1 aliphatic heterocycles. The van der Waals surface area contributed by atoms with Gasteiger partial charge >= 0.3 is 0 Å². The van der Waals surface area contributed by atoms with Crippen molar-refractivity contribution >= 4 is 27.4 Å². The van der Waals surface area contributed by atoms with Gasteiger partial charge in [0.25, 0.3) is 0 Å². The van der Waals surface area contributed by atoms with Crippen molar-refractivity contribution in [2.45, 2.75) is 26.7 Å². The molecule has 1 fully saturated rings. The highest BCUT2D eigenvalue weighted by molar-refractivity contribution is 9.10. The zero-order valence-electron chi connectivity index (χ0n) is 9.72. The molecule has 3 heteroatoms. The predicted molar refractivity (Wildman–Crippen MR) is 70.1 cm³/mol. The van der Waals surface area contributed by atoms with Gasteiger partial charge in [0.2, 0.25) is 0 Å². The number of piperidine rings is 1. The quantitative estimate of drug-likeness (QED) is 0.788. The van der Waals surface area contributed by atoms with Gasteiger partial charge < -0.3 is 4.90 Å². The van der Waals surface area contributed by atoms with Gasteiger partial charge in [-0.05, 0) is 37.1 Å². The maximum absolute atomic E-state index is 11.2. The van der Waals surface area contributed by atoms with E-state index in [2.05, 4.69) is 46.8 Å². The molecule has 0 spiro atoms. The van der Waals surface area contributed by atoms with E-state index in [0.717, 1.165) is 13.1 Å². The zero-order chi connectivity index (χ0) is 11.7. The van der Waals surface area contributed by atoms with Crippen molar-refractivity contribution < 1.29 is 4.79 Å². The van der Waals surface area contributed by atoms with Gasteiger partial charge in [0, 0.05) is 36.1 Å². The largest absolute Gasteiger partial charge is 0.371 e. The third-order valence-electron chi connectivity index (χ3n) is 3.11. The first-order valence-corrected chi connectivity index (χ1v) is 6.40. The molecule has 86 valence electrons. The Hall–Kier alpha value is -0.830. The first kappa shape index (κ1) is 11.6. The van der Waals surface area contributed by atoms with E-state index in [9.17, 15) is 4.79 Å². The van der Waals surface area contributed by atoms with E-state index >= 15 is 0 Å². The van der Waals surface area contributed by atoms with Crippen LogP contribution in [0, 0.1) is 13.8 Å². The number of halogens is 1. The van der Waals surface area contributed by atoms with Crippen LogP contribution in [0.5, 0.6) is 0 Å². The van der Waals surface area contributed by atoms with Crippen molar-refractivity contribution in [1.82, 2.24) is 0 Å². The third kappa shape index (κ3) is 2.29. The Morgan fingerprint density at radius 1 is 1.12 bits per heavy atom. The molecule has 0 aliphatic carbocycles. The molecule has 0 aromatic heterocycles. The van der Waals surface area contributed by atoms with Gasteiger partial charge in [0.05, 0.1) is 0 Å². The normalized spacial score (nSPS) is 16.7. The molecule has 2 nitrogen and oxygen atoms in total. The molecular formula is C13H16BrNO. The Morgan fingerprint density at radius 2 is 1.62 bits per heavy atom. The highest BCUT2D eigenvalue weighted by atomic mass is 79.9. The topological polar surface area (TPSA) is 20.3 Å². The van der Waals surface area contributed by atoms with Crippen LogP contribution in [0.4, 0.5) is 5.69 Å².